The Kier molecular flexibility index (Phi) is 6.58. The minimum absolute atomic E-state index is 0.558. The van der Waals surface area contributed by atoms with Crippen LogP contribution in [-0.2, 0) is 0 Å². The minimum Gasteiger partial charge on any atom is -0.369 e. The number of aromatic nitrogens is 1. The average molecular weight is 290 g/mol. The summed E-state index contributed by atoms with van der Waals surface area (Å²) in [5, 5.41) is 7.55. The minimum atomic E-state index is 0.558. The van der Waals surface area contributed by atoms with Crippen LogP contribution in [0.5, 0.6) is 0 Å². The molecular formula is C13H21Cl2N3. The number of nitrogens with one attached hydrogen (secondary N) is 2. The molecule has 2 N–H and O–H groups in total. The summed E-state index contributed by atoms with van der Waals surface area (Å²) in [5.41, 5.74) is 0. The Balaban J connectivity index is 2.71. The molecule has 0 fully saturated rings. The van der Waals surface area contributed by atoms with Gasteiger partial charge in [0, 0.05) is 13.1 Å². The third kappa shape index (κ3) is 4.91. The van der Waals surface area contributed by atoms with E-state index in [4.69, 9.17) is 23.2 Å². The van der Waals surface area contributed by atoms with Crippen molar-refractivity contribution in [3.63, 3.8) is 0 Å². The van der Waals surface area contributed by atoms with Crippen LogP contribution in [-0.4, -0.2) is 18.1 Å². The molecule has 0 aliphatic heterocycles. The second-order valence-electron chi connectivity index (χ2n) is 4.69. The molecule has 102 valence electrons. The van der Waals surface area contributed by atoms with Crippen LogP contribution in [0, 0.1) is 5.92 Å². The van der Waals surface area contributed by atoms with E-state index in [0.717, 1.165) is 25.9 Å². The van der Waals surface area contributed by atoms with E-state index in [-0.39, 0.29) is 0 Å². The van der Waals surface area contributed by atoms with Crippen molar-refractivity contribution < 1.29 is 0 Å². The van der Waals surface area contributed by atoms with Crippen LogP contribution in [0.1, 0.15) is 33.6 Å². The van der Waals surface area contributed by atoms with Crippen LogP contribution in [0.3, 0.4) is 0 Å². The zero-order valence-electron chi connectivity index (χ0n) is 11.2. The van der Waals surface area contributed by atoms with Gasteiger partial charge in [0.05, 0.1) is 10.0 Å². The molecule has 0 bridgehead atoms. The van der Waals surface area contributed by atoms with Crippen LogP contribution in [0.25, 0.3) is 0 Å². The number of hydrogen-bond donors (Lipinski definition) is 2. The molecule has 0 amide bonds. The molecule has 0 aromatic carbocycles. The average Bonchev–Trinajstić information content (AvgIpc) is 2.30. The predicted octanol–water partition coefficient (Wildman–Crippen LogP) is 4.67. The third-order valence-corrected chi connectivity index (χ3v) is 3.06. The van der Waals surface area contributed by atoms with Gasteiger partial charge in [-0.25, -0.2) is 4.98 Å². The van der Waals surface area contributed by atoms with Crippen LogP contribution < -0.4 is 10.6 Å². The Morgan fingerprint density at radius 3 is 2.17 bits per heavy atom. The molecule has 0 saturated heterocycles. The van der Waals surface area contributed by atoms with E-state index in [1.54, 1.807) is 6.07 Å². The van der Waals surface area contributed by atoms with Gasteiger partial charge in [0.1, 0.15) is 11.6 Å². The molecule has 3 nitrogen and oxygen atoms in total. The van der Waals surface area contributed by atoms with Crippen molar-refractivity contribution in [3.05, 3.63) is 16.1 Å². The third-order valence-electron chi connectivity index (χ3n) is 2.49. The summed E-state index contributed by atoms with van der Waals surface area (Å²) in [6.07, 6.45) is 2.11. The smallest absolute Gasteiger partial charge is 0.147 e. The molecule has 5 heteroatoms. The topological polar surface area (TPSA) is 37.0 Å². The van der Waals surface area contributed by atoms with Crippen LogP contribution in [0.15, 0.2) is 6.07 Å². The van der Waals surface area contributed by atoms with Gasteiger partial charge < -0.3 is 10.6 Å². The molecule has 0 atom stereocenters. The molecule has 18 heavy (non-hydrogen) atoms. The molecule has 0 unspecified atom stereocenters. The molecule has 1 rings (SSSR count). The first-order valence-corrected chi connectivity index (χ1v) is 7.14. The zero-order chi connectivity index (χ0) is 13.5. The fraction of sp³-hybridized carbons (Fsp3) is 0.615. The second kappa shape index (κ2) is 7.70. The summed E-state index contributed by atoms with van der Waals surface area (Å²) in [4.78, 5) is 4.42. The van der Waals surface area contributed by atoms with Gasteiger partial charge in [-0.2, -0.15) is 0 Å². The predicted molar refractivity (Wildman–Crippen MR) is 81.0 cm³/mol. The van der Waals surface area contributed by atoms with Crippen LogP contribution in [0.2, 0.25) is 10.0 Å². The lowest BCUT2D eigenvalue weighted by molar-refractivity contribution is 0.606. The molecule has 0 aliphatic rings. The highest BCUT2D eigenvalue weighted by molar-refractivity contribution is 6.37. The number of anilines is 2. The number of hydrogen-bond acceptors (Lipinski definition) is 3. The maximum atomic E-state index is 6.11. The number of nitrogens with zero attached hydrogens (tertiary/aromatic N) is 1. The van der Waals surface area contributed by atoms with Gasteiger partial charge in [-0.15, -0.1) is 0 Å². The Bertz CT molecular complexity index is 381. The molecule has 0 spiro atoms. The zero-order valence-corrected chi connectivity index (χ0v) is 12.7. The van der Waals surface area contributed by atoms with Crippen molar-refractivity contribution in [2.75, 3.05) is 23.7 Å². The van der Waals surface area contributed by atoms with Crippen molar-refractivity contribution >= 4 is 34.8 Å². The van der Waals surface area contributed by atoms with Crippen molar-refractivity contribution in [2.24, 2.45) is 5.92 Å². The largest absolute Gasteiger partial charge is 0.369 e. The Morgan fingerprint density at radius 1 is 1.11 bits per heavy atom. The first kappa shape index (κ1) is 15.4. The quantitative estimate of drug-likeness (QED) is 0.766. The SMILES string of the molecule is CCCNc1nc(NCCC(C)C)c(Cl)cc1Cl. The monoisotopic (exact) mass is 289 g/mol. The van der Waals surface area contributed by atoms with Crippen LogP contribution in [0.4, 0.5) is 11.6 Å². The first-order chi connectivity index (χ1) is 8.54. The van der Waals surface area contributed by atoms with Crippen molar-refractivity contribution in [1.82, 2.24) is 4.98 Å². The standard InChI is InChI=1S/C13H21Cl2N3/c1-4-6-16-12-10(14)8-11(15)13(18-12)17-7-5-9(2)3/h8-9H,4-7H2,1-3H3,(H2,16,17,18). The van der Waals surface area contributed by atoms with Gasteiger partial charge >= 0.3 is 0 Å². The fourth-order valence-corrected chi connectivity index (χ4v) is 1.93. The lowest BCUT2D eigenvalue weighted by atomic mass is 10.1. The highest BCUT2D eigenvalue weighted by Gasteiger charge is 2.08. The molecular weight excluding hydrogens is 269 g/mol. The van der Waals surface area contributed by atoms with E-state index in [9.17, 15) is 0 Å². The normalized spacial score (nSPS) is 10.8. The van der Waals surface area contributed by atoms with Crippen LogP contribution >= 0.6 is 23.2 Å². The van der Waals surface area contributed by atoms with Gasteiger partial charge in [0.15, 0.2) is 0 Å². The van der Waals surface area contributed by atoms with Gasteiger partial charge in [-0.05, 0) is 24.8 Å². The van der Waals surface area contributed by atoms with E-state index in [2.05, 4.69) is 36.4 Å². The lowest BCUT2D eigenvalue weighted by Crippen LogP contribution is -2.09. The van der Waals surface area contributed by atoms with Crippen molar-refractivity contribution in [2.45, 2.75) is 33.6 Å². The Morgan fingerprint density at radius 2 is 1.67 bits per heavy atom. The van der Waals surface area contributed by atoms with E-state index in [0.29, 0.717) is 27.6 Å². The van der Waals surface area contributed by atoms with Gasteiger partial charge in [0.25, 0.3) is 0 Å². The molecule has 1 aromatic heterocycles. The van der Waals surface area contributed by atoms with Gasteiger partial charge in [0.2, 0.25) is 0 Å². The second-order valence-corrected chi connectivity index (χ2v) is 5.50. The van der Waals surface area contributed by atoms with E-state index in [1.165, 1.54) is 0 Å². The molecule has 0 saturated carbocycles. The summed E-state index contributed by atoms with van der Waals surface area (Å²) >= 11 is 12.2. The van der Waals surface area contributed by atoms with Gasteiger partial charge in [-0.1, -0.05) is 44.0 Å². The highest BCUT2D eigenvalue weighted by Crippen LogP contribution is 2.29. The Hall–Kier alpha value is -0.670. The maximum absolute atomic E-state index is 6.11. The summed E-state index contributed by atoms with van der Waals surface area (Å²) in [6, 6.07) is 1.73. The summed E-state index contributed by atoms with van der Waals surface area (Å²) < 4.78 is 0. The number of rotatable bonds is 7. The van der Waals surface area contributed by atoms with E-state index < -0.39 is 0 Å². The molecule has 0 aliphatic carbocycles. The maximum Gasteiger partial charge on any atom is 0.147 e. The lowest BCUT2D eigenvalue weighted by Gasteiger charge is -2.12. The summed E-state index contributed by atoms with van der Waals surface area (Å²) in [6.45, 7) is 8.18. The molecule has 1 heterocycles. The number of halogens is 2. The highest BCUT2D eigenvalue weighted by atomic mass is 35.5. The first-order valence-electron chi connectivity index (χ1n) is 6.38. The van der Waals surface area contributed by atoms with Crippen molar-refractivity contribution in [1.29, 1.82) is 0 Å². The summed E-state index contributed by atoms with van der Waals surface area (Å²) in [5.74, 6) is 2.04. The Labute approximate surface area is 119 Å². The molecule has 0 radical (unpaired) electrons. The fourth-order valence-electron chi connectivity index (χ4n) is 1.44. The summed E-state index contributed by atoms with van der Waals surface area (Å²) in [7, 11) is 0. The van der Waals surface area contributed by atoms with E-state index >= 15 is 0 Å². The molecule has 1 aromatic rings. The van der Waals surface area contributed by atoms with E-state index in [1.807, 2.05) is 0 Å². The van der Waals surface area contributed by atoms with Gasteiger partial charge in [-0.3, -0.25) is 0 Å². The number of pyridine rings is 1. The van der Waals surface area contributed by atoms with Crippen molar-refractivity contribution in [3.8, 4) is 0 Å².